The second-order valence-corrected chi connectivity index (χ2v) is 9.71. The van der Waals surface area contributed by atoms with Crippen LogP contribution >= 0.6 is 11.6 Å². The number of para-hydroxylation sites is 1. The molecule has 1 aliphatic carbocycles. The molecule has 3 N–H and O–H groups in total. The molecule has 0 radical (unpaired) electrons. The van der Waals surface area contributed by atoms with Gasteiger partial charge < -0.3 is 25.8 Å². The van der Waals surface area contributed by atoms with Crippen LogP contribution in [0.15, 0.2) is 42.5 Å². The molecule has 0 unspecified atom stereocenters. The number of nitrogens with one attached hydrogen (secondary N) is 3. The highest BCUT2D eigenvalue weighted by atomic mass is 35.5. The van der Waals surface area contributed by atoms with Crippen LogP contribution in [-0.2, 0) is 9.59 Å². The van der Waals surface area contributed by atoms with Crippen molar-refractivity contribution in [3.8, 4) is 0 Å². The molecule has 2 fully saturated rings. The standard InChI is InChI=1S/C26H32ClN5O3/c1-18-6-5-7-22(27)23(18)29-25(35)32-16-14-31(15-17-32)21-10-8-20(9-11-21)28-24(34)26(30-19(2)33)12-3-4-13-26/h5-11H,3-4,12-17H2,1-2H3,(H,28,34)(H,29,35)(H,30,33). The first-order chi connectivity index (χ1) is 16.8. The minimum absolute atomic E-state index is 0.154. The molecule has 2 aromatic rings. The van der Waals surface area contributed by atoms with E-state index in [-0.39, 0.29) is 17.8 Å². The Labute approximate surface area is 211 Å². The highest BCUT2D eigenvalue weighted by Gasteiger charge is 2.41. The molecule has 0 aromatic heterocycles. The molecule has 2 aromatic carbocycles. The minimum atomic E-state index is -0.816. The van der Waals surface area contributed by atoms with Crippen molar-refractivity contribution < 1.29 is 14.4 Å². The lowest BCUT2D eigenvalue weighted by Crippen LogP contribution is -2.54. The molecule has 1 heterocycles. The number of carbonyl (C=O) groups excluding carboxylic acids is 3. The highest BCUT2D eigenvalue weighted by Crippen LogP contribution is 2.31. The van der Waals surface area contributed by atoms with Gasteiger partial charge in [0.25, 0.3) is 0 Å². The molecule has 186 valence electrons. The van der Waals surface area contributed by atoms with Crippen LogP contribution in [0.3, 0.4) is 0 Å². The average Bonchev–Trinajstić information content (AvgIpc) is 3.31. The molecule has 9 heteroatoms. The Balaban J connectivity index is 1.31. The molecule has 35 heavy (non-hydrogen) atoms. The Morgan fingerprint density at radius 2 is 1.57 bits per heavy atom. The van der Waals surface area contributed by atoms with E-state index in [2.05, 4.69) is 20.9 Å². The molecule has 0 spiro atoms. The summed E-state index contributed by atoms with van der Waals surface area (Å²) >= 11 is 6.24. The van der Waals surface area contributed by atoms with Gasteiger partial charge in [-0.3, -0.25) is 9.59 Å². The van der Waals surface area contributed by atoms with Crippen molar-refractivity contribution in [1.29, 1.82) is 0 Å². The first-order valence-electron chi connectivity index (χ1n) is 12.0. The van der Waals surface area contributed by atoms with Crippen LogP contribution in [0.1, 0.15) is 38.2 Å². The molecule has 0 bridgehead atoms. The number of aryl methyl sites for hydroxylation is 1. The SMILES string of the molecule is CC(=O)NC1(C(=O)Nc2ccc(N3CCN(C(=O)Nc4c(C)cccc4Cl)CC3)cc2)CCCC1. The van der Waals surface area contributed by atoms with Gasteiger partial charge in [0.2, 0.25) is 11.8 Å². The number of amides is 4. The van der Waals surface area contributed by atoms with Gasteiger partial charge in [-0.1, -0.05) is 36.6 Å². The van der Waals surface area contributed by atoms with Crippen molar-refractivity contribution in [2.24, 2.45) is 0 Å². The third-order valence-electron chi connectivity index (χ3n) is 6.82. The maximum Gasteiger partial charge on any atom is 0.322 e. The monoisotopic (exact) mass is 497 g/mol. The van der Waals surface area contributed by atoms with Gasteiger partial charge in [-0.25, -0.2) is 4.79 Å². The van der Waals surface area contributed by atoms with E-state index < -0.39 is 5.54 Å². The normalized spacial score (nSPS) is 17.1. The molecule has 1 saturated heterocycles. The van der Waals surface area contributed by atoms with Gasteiger partial charge in [0.1, 0.15) is 5.54 Å². The molecule has 1 saturated carbocycles. The lowest BCUT2D eigenvalue weighted by atomic mass is 9.96. The van der Waals surface area contributed by atoms with Crippen LogP contribution in [0.25, 0.3) is 0 Å². The summed E-state index contributed by atoms with van der Waals surface area (Å²) in [6.07, 6.45) is 3.16. The van der Waals surface area contributed by atoms with Crippen molar-refractivity contribution >= 4 is 46.5 Å². The Bertz CT molecular complexity index is 1070. The van der Waals surface area contributed by atoms with Crippen molar-refractivity contribution in [3.05, 3.63) is 53.1 Å². The molecule has 2 aliphatic rings. The average molecular weight is 498 g/mol. The fourth-order valence-corrected chi connectivity index (χ4v) is 5.14. The molecular formula is C26H32ClN5O3. The summed E-state index contributed by atoms with van der Waals surface area (Å²) in [5.74, 6) is -0.349. The second-order valence-electron chi connectivity index (χ2n) is 9.31. The summed E-state index contributed by atoms with van der Waals surface area (Å²) in [4.78, 5) is 41.3. The Morgan fingerprint density at radius 1 is 0.914 bits per heavy atom. The van der Waals surface area contributed by atoms with Crippen LogP contribution in [0.2, 0.25) is 5.02 Å². The second kappa shape index (κ2) is 10.6. The molecular weight excluding hydrogens is 466 g/mol. The van der Waals surface area contributed by atoms with Gasteiger partial charge in [0.15, 0.2) is 0 Å². The Hall–Kier alpha value is -3.26. The summed E-state index contributed by atoms with van der Waals surface area (Å²) in [5, 5.41) is 9.30. The van der Waals surface area contributed by atoms with E-state index in [9.17, 15) is 14.4 Å². The number of piperazine rings is 1. The van der Waals surface area contributed by atoms with Crippen LogP contribution in [0, 0.1) is 6.92 Å². The number of rotatable bonds is 5. The predicted molar refractivity (Wildman–Crippen MR) is 139 cm³/mol. The third kappa shape index (κ3) is 5.70. The van der Waals surface area contributed by atoms with E-state index >= 15 is 0 Å². The van der Waals surface area contributed by atoms with E-state index in [0.717, 1.165) is 24.1 Å². The van der Waals surface area contributed by atoms with Gasteiger partial charge in [0, 0.05) is 44.5 Å². The fourth-order valence-electron chi connectivity index (χ4n) is 4.87. The molecule has 0 atom stereocenters. The van der Waals surface area contributed by atoms with Crippen molar-refractivity contribution in [1.82, 2.24) is 10.2 Å². The lowest BCUT2D eigenvalue weighted by molar-refractivity contribution is -0.129. The van der Waals surface area contributed by atoms with Gasteiger partial charge in [-0.2, -0.15) is 0 Å². The smallest absolute Gasteiger partial charge is 0.322 e. The number of halogens is 1. The maximum atomic E-state index is 12.9. The van der Waals surface area contributed by atoms with E-state index in [1.165, 1.54) is 6.92 Å². The number of hydrogen-bond donors (Lipinski definition) is 3. The van der Waals surface area contributed by atoms with E-state index in [1.807, 2.05) is 43.3 Å². The van der Waals surface area contributed by atoms with Gasteiger partial charge in [-0.05, 0) is 55.7 Å². The molecule has 1 aliphatic heterocycles. The summed E-state index contributed by atoms with van der Waals surface area (Å²) in [6.45, 7) is 5.95. The first kappa shape index (κ1) is 24.9. The largest absolute Gasteiger partial charge is 0.368 e. The van der Waals surface area contributed by atoms with Gasteiger partial charge in [-0.15, -0.1) is 0 Å². The van der Waals surface area contributed by atoms with Crippen LogP contribution < -0.4 is 20.9 Å². The molecule has 4 amide bonds. The van der Waals surface area contributed by atoms with Crippen molar-refractivity contribution in [3.63, 3.8) is 0 Å². The van der Waals surface area contributed by atoms with Gasteiger partial charge in [0.05, 0.1) is 10.7 Å². The maximum absolute atomic E-state index is 12.9. The number of hydrogen-bond acceptors (Lipinski definition) is 4. The fraction of sp³-hybridized carbons (Fsp3) is 0.423. The number of nitrogens with zero attached hydrogens (tertiary/aromatic N) is 2. The first-order valence-corrected chi connectivity index (χ1v) is 12.4. The number of urea groups is 1. The quantitative estimate of drug-likeness (QED) is 0.571. The van der Waals surface area contributed by atoms with Crippen LogP contribution in [0.4, 0.5) is 21.9 Å². The van der Waals surface area contributed by atoms with Gasteiger partial charge >= 0.3 is 6.03 Å². The van der Waals surface area contributed by atoms with E-state index in [0.29, 0.717) is 55.4 Å². The summed E-state index contributed by atoms with van der Waals surface area (Å²) < 4.78 is 0. The lowest BCUT2D eigenvalue weighted by Gasteiger charge is -2.36. The Kier molecular flexibility index (Phi) is 7.50. The third-order valence-corrected chi connectivity index (χ3v) is 7.13. The zero-order chi connectivity index (χ0) is 25.0. The highest BCUT2D eigenvalue weighted by molar-refractivity contribution is 6.33. The summed E-state index contributed by atoms with van der Waals surface area (Å²) in [7, 11) is 0. The van der Waals surface area contributed by atoms with E-state index in [1.54, 1.807) is 11.0 Å². The molecule has 4 rings (SSSR count). The Morgan fingerprint density at radius 3 is 2.17 bits per heavy atom. The topological polar surface area (TPSA) is 93.8 Å². The van der Waals surface area contributed by atoms with Crippen LogP contribution in [0.5, 0.6) is 0 Å². The number of benzene rings is 2. The van der Waals surface area contributed by atoms with Crippen molar-refractivity contribution in [2.45, 2.75) is 45.1 Å². The zero-order valence-corrected chi connectivity index (χ0v) is 21.0. The zero-order valence-electron chi connectivity index (χ0n) is 20.2. The minimum Gasteiger partial charge on any atom is -0.368 e. The predicted octanol–water partition coefficient (Wildman–Crippen LogP) is 4.39. The summed E-state index contributed by atoms with van der Waals surface area (Å²) in [5.41, 5.74) is 2.49. The van der Waals surface area contributed by atoms with E-state index in [4.69, 9.17) is 11.6 Å². The molecule has 8 nitrogen and oxygen atoms in total. The number of carbonyl (C=O) groups is 3. The summed E-state index contributed by atoms with van der Waals surface area (Å²) in [6, 6.07) is 13.1. The number of anilines is 3. The van der Waals surface area contributed by atoms with Crippen LogP contribution in [-0.4, -0.2) is 54.5 Å². The van der Waals surface area contributed by atoms with Crippen molar-refractivity contribution in [2.75, 3.05) is 41.7 Å².